The van der Waals surface area contributed by atoms with Crippen LogP contribution in [0.3, 0.4) is 0 Å². The van der Waals surface area contributed by atoms with Crippen LogP contribution in [-0.4, -0.2) is 16.8 Å². The quantitative estimate of drug-likeness (QED) is 0.847. The van der Waals surface area contributed by atoms with Crippen molar-refractivity contribution in [1.29, 1.82) is 0 Å². The Labute approximate surface area is 133 Å². The van der Waals surface area contributed by atoms with Gasteiger partial charge in [0.1, 0.15) is 5.75 Å². The maximum absolute atomic E-state index is 10.2. The Bertz CT molecular complexity index is 636. The third-order valence-corrected chi connectivity index (χ3v) is 4.91. The van der Waals surface area contributed by atoms with E-state index in [1.165, 1.54) is 11.1 Å². The van der Waals surface area contributed by atoms with E-state index < -0.39 is 0 Å². The highest BCUT2D eigenvalue weighted by atomic mass is 79.9. The maximum atomic E-state index is 10.2. The second-order valence-electron chi connectivity index (χ2n) is 5.63. The molecule has 1 aromatic heterocycles. The van der Waals surface area contributed by atoms with Gasteiger partial charge in [0.25, 0.3) is 0 Å². The molecule has 4 heteroatoms. The average Bonchev–Trinajstić information content (AvgIpc) is 2.81. The second kappa shape index (κ2) is 6.24. The lowest BCUT2D eigenvalue weighted by molar-refractivity contribution is 0.166. The van der Waals surface area contributed by atoms with Crippen molar-refractivity contribution < 1.29 is 9.84 Å². The van der Waals surface area contributed by atoms with Gasteiger partial charge in [-0.15, -0.1) is 0 Å². The second-order valence-corrected chi connectivity index (χ2v) is 6.48. The molecular formula is C17H20BrNO2. The number of halogens is 1. The Morgan fingerprint density at radius 2 is 2.19 bits per heavy atom. The van der Waals surface area contributed by atoms with Crippen molar-refractivity contribution in [3.63, 3.8) is 0 Å². The molecule has 3 nitrogen and oxygen atoms in total. The van der Waals surface area contributed by atoms with Crippen LogP contribution >= 0.6 is 15.9 Å². The standard InChI is InChI=1S/C17H20BrNO2/c1-21-14-6-7-16(18)13(8-14)10-19-9-12-4-2-3-5-17(20)15(12)11-19/h6-9,11,17,20H,2-5,10H2,1H3. The summed E-state index contributed by atoms with van der Waals surface area (Å²) in [5.41, 5.74) is 3.57. The number of rotatable bonds is 3. The van der Waals surface area contributed by atoms with Crippen molar-refractivity contribution in [2.24, 2.45) is 0 Å². The highest BCUT2D eigenvalue weighted by Crippen LogP contribution is 2.30. The molecule has 0 fully saturated rings. The topological polar surface area (TPSA) is 34.4 Å². The van der Waals surface area contributed by atoms with E-state index in [0.717, 1.165) is 48.0 Å². The molecule has 0 saturated heterocycles. The lowest BCUT2D eigenvalue weighted by Crippen LogP contribution is -1.99. The van der Waals surface area contributed by atoms with Gasteiger partial charge in [0.05, 0.1) is 13.2 Å². The largest absolute Gasteiger partial charge is 0.497 e. The molecule has 1 unspecified atom stereocenters. The van der Waals surface area contributed by atoms with E-state index in [2.05, 4.69) is 32.9 Å². The Morgan fingerprint density at radius 1 is 1.33 bits per heavy atom. The number of hydrogen-bond donors (Lipinski definition) is 1. The molecule has 0 bridgehead atoms. The minimum Gasteiger partial charge on any atom is -0.497 e. The fraction of sp³-hybridized carbons (Fsp3) is 0.412. The van der Waals surface area contributed by atoms with Crippen LogP contribution in [0.1, 0.15) is 42.1 Å². The van der Waals surface area contributed by atoms with Crippen molar-refractivity contribution in [1.82, 2.24) is 4.57 Å². The summed E-state index contributed by atoms with van der Waals surface area (Å²) in [4.78, 5) is 0. The predicted octanol–water partition coefficient (Wildman–Crippen LogP) is 4.07. The van der Waals surface area contributed by atoms with E-state index in [0.29, 0.717) is 0 Å². The molecule has 0 saturated carbocycles. The van der Waals surface area contributed by atoms with Crippen molar-refractivity contribution in [2.75, 3.05) is 7.11 Å². The van der Waals surface area contributed by atoms with Gasteiger partial charge in [-0.05, 0) is 48.6 Å². The Kier molecular flexibility index (Phi) is 4.36. The van der Waals surface area contributed by atoms with E-state index >= 15 is 0 Å². The van der Waals surface area contributed by atoms with Gasteiger partial charge in [-0.3, -0.25) is 0 Å². The van der Waals surface area contributed by atoms with Gasteiger partial charge in [0.15, 0.2) is 0 Å². The maximum Gasteiger partial charge on any atom is 0.119 e. The SMILES string of the molecule is COc1ccc(Br)c(Cn2cc3c(c2)C(O)CCCC3)c1. The molecule has 1 N–H and O–H groups in total. The van der Waals surface area contributed by atoms with Gasteiger partial charge in [-0.1, -0.05) is 22.4 Å². The predicted molar refractivity (Wildman–Crippen MR) is 86.7 cm³/mol. The molecule has 0 spiro atoms. The van der Waals surface area contributed by atoms with Crippen molar-refractivity contribution in [3.8, 4) is 5.75 Å². The summed E-state index contributed by atoms with van der Waals surface area (Å²) in [6.45, 7) is 0.775. The zero-order valence-corrected chi connectivity index (χ0v) is 13.8. The van der Waals surface area contributed by atoms with E-state index in [4.69, 9.17) is 4.74 Å². The van der Waals surface area contributed by atoms with Crippen LogP contribution in [-0.2, 0) is 13.0 Å². The summed E-state index contributed by atoms with van der Waals surface area (Å²) in [5.74, 6) is 0.863. The van der Waals surface area contributed by atoms with Crippen LogP contribution in [0, 0.1) is 0 Å². The minimum atomic E-state index is -0.308. The number of methoxy groups -OCH3 is 1. The normalized spacial score (nSPS) is 18.1. The Hall–Kier alpha value is -1.26. The number of aliphatic hydroxyl groups is 1. The summed E-state index contributed by atoms with van der Waals surface area (Å²) in [6.07, 6.45) is 8.18. The van der Waals surface area contributed by atoms with Gasteiger partial charge in [0, 0.05) is 29.0 Å². The lowest BCUT2D eigenvalue weighted by atomic mass is 10.1. The Morgan fingerprint density at radius 3 is 3.00 bits per heavy atom. The molecule has 112 valence electrons. The average molecular weight is 350 g/mol. The highest BCUT2D eigenvalue weighted by Gasteiger charge is 2.18. The first kappa shape index (κ1) is 14.7. The molecule has 21 heavy (non-hydrogen) atoms. The summed E-state index contributed by atoms with van der Waals surface area (Å²) in [6, 6.07) is 6.01. The van der Waals surface area contributed by atoms with Crippen molar-refractivity contribution in [2.45, 2.75) is 38.3 Å². The summed E-state index contributed by atoms with van der Waals surface area (Å²) >= 11 is 3.60. The monoisotopic (exact) mass is 349 g/mol. The summed E-state index contributed by atoms with van der Waals surface area (Å²) in [7, 11) is 1.68. The first-order valence-electron chi connectivity index (χ1n) is 7.36. The third-order valence-electron chi connectivity index (χ3n) is 4.14. The molecule has 1 aliphatic carbocycles. The number of nitrogens with zero attached hydrogens (tertiary/aromatic N) is 1. The number of benzene rings is 1. The van der Waals surface area contributed by atoms with Gasteiger partial charge < -0.3 is 14.4 Å². The number of aryl methyl sites for hydroxylation is 1. The number of aliphatic hydroxyl groups excluding tert-OH is 1. The number of ether oxygens (including phenoxy) is 1. The molecule has 1 aromatic carbocycles. The molecule has 3 rings (SSSR count). The first-order valence-corrected chi connectivity index (χ1v) is 8.15. The van der Waals surface area contributed by atoms with Gasteiger partial charge in [-0.2, -0.15) is 0 Å². The lowest BCUT2D eigenvalue weighted by Gasteiger charge is -2.09. The fourth-order valence-corrected chi connectivity index (χ4v) is 3.35. The van der Waals surface area contributed by atoms with Gasteiger partial charge >= 0.3 is 0 Å². The summed E-state index contributed by atoms with van der Waals surface area (Å²) < 4.78 is 8.53. The smallest absolute Gasteiger partial charge is 0.119 e. The molecule has 1 atom stereocenters. The molecule has 0 aliphatic heterocycles. The number of hydrogen-bond acceptors (Lipinski definition) is 2. The van der Waals surface area contributed by atoms with Crippen LogP contribution < -0.4 is 4.74 Å². The number of fused-ring (bicyclic) bond motifs is 1. The van der Waals surface area contributed by atoms with Crippen LogP contribution in [0.2, 0.25) is 0 Å². The highest BCUT2D eigenvalue weighted by molar-refractivity contribution is 9.10. The molecule has 2 aromatic rings. The molecule has 1 heterocycles. The van der Waals surface area contributed by atoms with Crippen LogP contribution in [0.5, 0.6) is 5.75 Å². The number of aromatic nitrogens is 1. The fourth-order valence-electron chi connectivity index (χ4n) is 2.98. The van der Waals surface area contributed by atoms with Gasteiger partial charge in [0.2, 0.25) is 0 Å². The van der Waals surface area contributed by atoms with E-state index in [1.807, 2.05) is 18.2 Å². The molecule has 0 amide bonds. The van der Waals surface area contributed by atoms with Crippen LogP contribution in [0.15, 0.2) is 35.1 Å². The van der Waals surface area contributed by atoms with Crippen LogP contribution in [0.25, 0.3) is 0 Å². The van der Waals surface area contributed by atoms with Crippen molar-refractivity contribution >= 4 is 15.9 Å². The first-order chi connectivity index (χ1) is 10.2. The minimum absolute atomic E-state index is 0.308. The zero-order chi connectivity index (χ0) is 14.8. The summed E-state index contributed by atoms with van der Waals surface area (Å²) in [5, 5.41) is 10.2. The molecule has 0 radical (unpaired) electrons. The molecular weight excluding hydrogens is 330 g/mol. The third kappa shape index (κ3) is 3.16. The van der Waals surface area contributed by atoms with E-state index in [9.17, 15) is 5.11 Å². The van der Waals surface area contributed by atoms with Crippen LogP contribution in [0.4, 0.5) is 0 Å². The molecule has 1 aliphatic rings. The van der Waals surface area contributed by atoms with E-state index in [1.54, 1.807) is 7.11 Å². The van der Waals surface area contributed by atoms with Gasteiger partial charge in [-0.25, -0.2) is 0 Å². The van der Waals surface area contributed by atoms with E-state index in [-0.39, 0.29) is 6.10 Å². The van der Waals surface area contributed by atoms with Crippen molar-refractivity contribution in [3.05, 3.63) is 51.8 Å². The Balaban J connectivity index is 1.87. The zero-order valence-electron chi connectivity index (χ0n) is 12.2.